The van der Waals surface area contributed by atoms with Gasteiger partial charge in [-0.25, -0.2) is 4.98 Å². The van der Waals surface area contributed by atoms with E-state index in [0.29, 0.717) is 21.0 Å². The summed E-state index contributed by atoms with van der Waals surface area (Å²) in [7, 11) is 0. The highest BCUT2D eigenvalue weighted by Gasteiger charge is 2.25. The van der Waals surface area contributed by atoms with Crippen molar-refractivity contribution in [1.82, 2.24) is 9.88 Å². The molecular weight excluding hydrogens is 477 g/mol. The van der Waals surface area contributed by atoms with E-state index in [-0.39, 0.29) is 0 Å². The Labute approximate surface area is 201 Å². The summed E-state index contributed by atoms with van der Waals surface area (Å²) in [5, 5.41) is 9.05. The zero-order valence-electron chi connectivity index (χ0n) is 16.3. The molecule has 1 N–H and O–H groups in total. The molecule has 0 amide bonds. The Morgan fingerprint density at radius 3 is 2.53 bits per heavy atom. The summed E-state index contributed by atoms with van der Waals surface area (Å²) >= 11 is 25.8. The molecule has 0 spiro atoms. The van der Waals surface area contributed by atoms with Gasteiger partial charge in [0.15, 0.2) is 5.11 Å². The molecule has 2 heterocycles. The second kappa shape index (κ2) is 9.41. The van der Waals surface area contributed by atoms with Crippen LogP contribution >= 0.6 is 58.4 Å². The SMILES string of the molecule is Cc1ccc(NC(=S)N2CCC(c3nc(-c4ccc(Cl)c(Cl)c4)cs3)CC2)c(Cl)c1. The van der Waals surface area contributed by atoms with E-state index >= 15 is 0 Å². The van der Waals surface area contributed by atoms with Gasteiger partial charge in [0.1, 0.15) is 0 Å². The van der Waals surface area contributed by atoms with E-state index in [0.717, 1.165) is 58.6 Å². The summed E-state index contributed by atoms with van der Waals surface area (Å²) < 4.78 is 0. The number of hydrogen-bond donors (Lipinski definition) is 1. The largest absolute Gasteiger partial charge is 0.349 e. The molecule has 0 aliphatic carbocycles. The standard InChI is InChI=1S/C22H20Cl3N3S2/c1-13-2-5-19(18(25)10-13)27-22(29)28-8-6-14(7-9-28)21-26-20(12-30-21)15-3-4-16(23)17(24)11-15/h2-5,10-12,14H,6-9H2,1H3,(H,27,29). The molecule has 1 fully saturated rings. The van der Waals surface area contributed by atoms with Crippen LogP contribution in [0.15, 0.2) is 41.8 Å². The maximum Gasteiger partial charge on any atom is 0.173 e. The zero-order chi connectivity index (χ0) is 21.3. The molecule has 1 saturated heterocycles. The second-order valence-corrected chi connectivity index (χ2v) is 9.87. The average Bonchev–Trinajstić information content (AvgIpc) is 3.22. The molecular formula is C22H20Cl3N3S2. The van der Waals surface area contributed by atoms with E-state index in [4.69, 9.17) is 52.0 Å². The molecule has 0 unspecified atom stereocenters. The highest BCUT2D eigenvalue weighted by Crippen LogP contribution is 2.35. The fraction of sp³-hybridized carbons (Fsp3) is 0.273. The summed E-state index contributed by atoms with van der Waals surface area (Å²) in [6.07, 6.45) is 2.02. The lowest BCUT2D eigenvalue weighted by Gasteiger charge is -2.33. The number of thiazole rings is 1. The Kier molecular flexibility index (Phi) is 6.85. The fourth-order valence-corrected chi connectivity index (χ4v) is 5.38. The van der Waals surface area contributed by atoms with Crippen LogP contribution in [0, 0.1) is 6.92 Å². The molecule has 8 heteroatoms. The van der Waals surface area contributed by atoms with Crippen molar-refractivity contribution in [2.45, 2.75) is 25.7 Å². The van der Waals surface area contributed by atoms with E-state index in [1.807, 2.05) is 43.3 Å². The number of nitrogens with zero attached hydrogens (tertiary/aromatic N) is 2. The number of piperidine rings is 1. The summed E-state index contributed by atoms with van der Waals surface area (Å²) in [6.45, 7) is 3.80. The number of benzene rings is 2. The summed E-state index contributed by atoms with van der Waals surface area (Å²) in [5.41, 5.74) is 3.91. The third kappa shape index (κ3) is 4.92. The first kappa shape index (κ1) is 21.8. The Morgan fingerprint density at radius 1 is 1.07 bits per heavy atom. The first-order valence-corrected chi connectivity index (χ1v) is 12.1. The fourth-order valence-electron chi connectivity index (χ4n) is 3.51. The number of likely N-dealkylation sites (tertiary alicyclic amines) is 1. The van der Waals surface area contributed by atoms with Crippen LogP contribution in [-0.2, 0) is 0 Å². The van der Waals surface area contributed by atoms with Crippen LogP contribution in [0.1, 0.15) is 29.3 Å². The average molecular weight is 497 g/mol. The third-order valence-electron chi connectivity index (χ3n) is 5.23. The van der Waals surface area contributed by atoms with Gasteiger partial charge in [0.25, 0.3) is 0 Å². The van der Waals surface area contributed by atoms with Crippen molar-refractivity contribution in [3.63, 3.8) is 0 Å². The lowest BCUT2D eigenvalue weighted by atomic mass is 9.98. The number of halogens is 3. The predicted octanol–water partition coefficient (Wildman–Crippen LogP) is 7.66. The minimum atomic E-state index is 0.438. The van der Waals surface area contributed by atoms with Gasteiger partial charge in [0.05, 0.1) is 31.5 Å². The van der Waals surface area contributed by atoms with Gasteiger partial charge in [0, 0.05) is 30.0 Å². The van der Waals surface area contributed by atoms with Crippen molar-refractivity contribution >= 4 is 69.2 Å². The maximum atomic E-state index is 6.32. The predicted molar refractivity (Wildman–Crippen MR) is 134 cm³/mol. The highest BCUT2D eigenvalue weighted by atomic mass is 35.5. The Hall–Kier alpha value is -1.37. The minimum Gasteiger partial charge on any atom is -0.349 e. The molecule has 1 aliphatic rings. The molecule has 2 aromatic carbocycles. The topological polar surface area (TPSA) is 28.2 Å². The van der Waals surface area contributed by atoms with Crippen molar-refractivity contribution < 1.29 is 0 Å². The highest BCUT2D eigenvalue weighted by molar-refractivity contribution is 7.80. The van der Waals surface area contributed by atoms with Crippen molar-refractivity contribution in [2.75, 3.05) is 18.4 Å². The smallest absolute Gasteiger partial charge is 0.173 e. The monoisotopic (exact) mass is 495 g/mol. The number of aromatic nitrogens is 1. The van der Waals surface area contributed by atoms with Crippen LogP contribution in [0.2, 0.25) is 15.1 Å². The Bertz CT molecular complexity index is 1080. The summed E-state index contributed by atoms with van der Waals surface area (Å²) in [5.74, 6) is 0.438. The number of aryl methyl sites for hydroxylation is 1. The number of hydrogen-bond acceptors (Lipinski definition) is 3. The summed E-state index contributed by atoms with van der Waals surface area (Å²) in [4.78, 5) is 7.07. The lowest BCUT2D eigenvalue weighted by Crippen LogP contribution is -2.40. The van der Waals surface area contributed by atoms with Gasteiger partial charge in [-0.15, -0.1) is 11.3 Å². The third-order valence-corrected chi connectivity index (χ3v) is 7.65. The molecule has 3 aromatic rings. The Morgan fingerprint density at radius 2 is 1.83 bits per heavy atom. The van der Waals surface area contributed by atoms with Gasteiger partial charge >= 0.3 is 0 Å². The normalized spacial score (nSPS) is 14.7. The van der Waals surface area contributed by atoms with E-state index in [2.05, 4.69) is 15.6 Å². The van der Waals surface area contributed by atoms with Gasteiger partial charge in [-0.05, 0) is 61.8 Å². The quantitative estimate of drug-likeness (QED) is 0.377. The van der Waals surface area contributed by atoms with Crippen molar-refractivity contribution in [2.24, 2.45) is 0 Å². The zero-order valence-corrected chi connectivity index (χ0v) is 20.2. The molecule has 3 nitrogen and oxygen atoms in total. The van der Waals surface area contributed by atoms with Crippen LogP contribution in [0.3, 0.4) is 0 Å². The van der Waals surface area contributed by atoms with Crippen LogP contribution < -0.4 is 5.32 Å². The molecule has 30 heavy (non-hydrogen) atoms. The van der Waals surface area contributed by atoms with Crippen LogP contribution in [0.25, 0.3) is 11.3 Å². The van der Waals surface area contributed by atoms with Gasteiger partial charge in [0.2, 0.25) is 0 Å². The van der Waals surface area contributed by atoms with Gasteiger partial charge in [-0.1, -0.05) is 46.9 Å². The molecule has 0 bridgehead atoms. The Balaban J connectivity index is 1.37. The number of rotatable bonds is 3. The van der Waals surface area contributed by atoms with Crippen LogP contribution in [-0.4, -0.2) is 28.1 Å². The van der Waals surface area contributed by atoms with Crippen molar-refractivity contribution in [3.8, 4) is 11.3 Å². The number of nitrogens with one attached hydrogen (secondary N) is 1. The van der Waals surface area contributed by atoms with Gasteiger partial charge < -0.3 is 10.2 Å². The molecule has 0 radical (unpaired) electrons. The molecule has 1 aromatic heterocycles. The van der Waals surface area contributed by atoms with Crippen LogP contribution in [0.5, 0.6) is 0 Å². The summed E-state index contributed by atoms with van der Waals surface area (Å²) in [6, 6.07) is 11.6. The van der Waals surface area contributed by atoms with Gasteiger partial charge in [-0.2, -0.15) is 0 Å². The number of anilines is 1. The second-order valence-electron chi connectivity index (χ2n) is 7.37. The maximum absolute atomic E-state index is 6.32. The minimum absolute atomic E-state index is 0.438. The van der Waals surface area contributed by atoms with E-state index in [9.17, 15) is 0 Å². The van der Waals surface area contributed by atoms with Crippen LogP contribution in [0.4, 0.5) is 5.69 Å². The van der Waals surface area contributed by atoms with E-state index in [1.54, 1.807) is 11.3 Å². The molecule has 156 valence electrons. The molecule has 0 saturated carbocycles. The van der Waals surface area contributed by atoms with Crippen molar-refractivity contribution in [1.29, 1.82) is 0 Å². The first-order chi connectivity index (χ1) is 14.4. The first-order valence-electron chi connectivity index (χ1n) is 9.63. The van der Waals surface area contributed by atoms with E-state index < -0.39 is 0 Å². The van der Waals surface area contributed by atoms with Crippen molar-refractivity contribution in [3.05, 3.63) is 67.4 Å². The van der Waals surface area contributed by atoms with E-state index in [1.165, 1.54) is 0 Å². The molecule has 0 atom stereocenters. The van der Waals surface area contributed by atoms with Gasteiger partial charge in [-0.3, -0.25) is 0 Å². The number of thiocarbonyl (C=S) groups is 1. The lowest BCUT2D eigenvalue weighted by molar-refractivity contribution is 0.316. The molecule has 4 rings (SSSR count). The molecule has 1 aliphatic heterocycles.